The molecule has 1 aromatic rings. The normalized spacial score (nSPS) is 18.9. The summed E-state index contributed by atoms with van der Waals surface area (Å²) in [5, 5.41) is 14.1. The van der Waals surface area contributed by atoms with Gasteiger partial charge < -0.3 is 9.84 Å². The molecule has 2 rings (SSSR count). The van der Waals surface area contributed by atoms with E-state index in [9.17, 15) is 9.90 Å². The van der Waals surface area contributed by atoms with Gasteiger partial charge in [-0.05, 0) is 38.8 Å². The van der Waals surface area contributed by atoms with Crippen molar-refractivity contribution in [3.8, 4) is 0 Å². The predicted molar refractivity (Wildman–Crippen MR) is 73.9 cm³/mol. The lowest BCUT2D eigenvalue weighted by atomic mass is 9.91. The topological polar surface area (TPSA) is 67.6 Å². The van der Waals surface area contributed by atoms with Gasteiger partial charge in [-0.3, -0.25) is 9.58 Å². The summed E-state index contributed by atoms with van der Waals surface area (Å²) in [7, 11) is 1.31. The maximum absolute atomic E-state index is 11.3. The number of esters is 1. The Kier molecular flexibility index (Phi) is 5.14. The van der Waals surface area contributed by atoms with Gasteiger partial charge in [-0.2, -0.15) is 5.10 Å². The Labute approximate surface area is 119 Å². The van der Waals surface area contributed by atoms with Gasteiger partial charge in [0.25, 0.3) is 0 Å². The van der Waals surface area contributed by atoms with Crippen molar-refractivity contribution in [1.82, 2.24) is 14.7 Å². The molecular formula is C14H23N3O3. The highest BCUT2D eigenvalue weighted by Crippen LogP contribution is 2.22. The molecule has 0 aliphatic carbocycles. The lowest BCUT2D eigenvalue weighted by Gasteiger charge is -2.33. The zero-order valence-corrected chi connectivity index (χ0v) is 12.2. The van der Waals surface area contributed by atoms with E-state index >= 15 is 0 Å². The molecule has 2 heterocycles. The highest BCUT2D eigenvalue weighted by molar-refractivity contribution is 5.74. The van der Waals surface area contributed by atoms with E-state index in [1.165, 1.54) is 12.7 Å². The van der Waals surface area contributed by atoms with Crippen LogP contribution < -0.4 is 0 Å². The number of nitrogens with zero attached hydrogens (tertiary/aromatic N) is 3. The second-order valence-electron chi connectivity index (χ2n) is 5.29. The number of hydrogen-bond acceptors (Lipinski definition) is 5. The standard InChI is InChI=1S/C14H23N3O3/c1-3-17-10-11(8-15-17)9-16-6-4-12(5-7-16)13(18)14(19)20-2/h8,10,12-13,18H,3-7,9H2,1-2H3. The van der Waals surface area contributed by atoms with E-state index in [-0.39, 0.29) is 5.92 Å². The van der Waals surface area contributed by atoms with E-state index in [0.29, 0.717) is 0 Å². The van der Waals surface area contributed by atoms with E-state index in [4.69, 9.17) is 0 Å². The Hall–Kier alpha value is -1.40. The monoisotopic (exact) mass is 281 g/mol. The van der Waals surface area contributed by atoms with Crippen LogP contribution in [0.25, 0.3) is 0 Å². The van der Waals surface area contributed by atoms with E-state index < -0.39 is 12.1 Å². The average Bonchev–Trinajstić information content (AvgIpc) is 2.94. The maximum Gasteiger partial charge on any atom is 0.334 e. The molecule has 1 aliphatic heterocycles. The third-order valence-electron chi connectivity index (χ3n) is 3.94. The lowest BCUT2D eigenvalue weighted by Crippen LogP contribution is -2.40. The van der Waals surface area contributed by atoms with Crippen LogP contribution in [0.5, 0.6) is 0 Å². The summed E-state index contributed by atoms with van der Waals surface area (Å²) in [5.74, 6) is -0.510. The maximum atomic E-state index is 11.3. The van der Waals surface area contributed by atoms with Crippen LogP contribution in [0.15, 0.2) is 12.4 Å². The molecule has 0 aromatic carbocycles. The Morgan fingerprint density at radius 1 is 1.55 bits per heavy atom. The number of carbonyl (C=O) groups is 1. The Morgan fingerprint density at radius 3 is 2.80 bits per heavy atom. The number of hydrogen-bond donors (Lipinski definition) is 1. The molecule has 1 aromatic heterocycles. The number of aliphatic hydroxyl groups is 1. The van der Waals surface area contributed by atoms with Crippen molar-refractivity contribution in [2.75, 3.05) is 20.2 Å². The van der Waals surface area contributed by atoms with Gasteiger partial charge in [0.1, 0.15) is 0 Å². The molecule has 1 aliphatic rings. The fraction of sp³-hybridized carbons (Fsp3) is 0.714. The number of methoxy groups -OCH3 is 1. The van der Waals surface area contributed by atoms with E-state index in [0.717, 1.165) is 39.0 Å². The van der Waals surface area contributed by atoms with E-state index in [1.807, 2.05) is 10.9 Å². The van der Waals surface area contributed by atoms with E-state index in [2.05, 4.69) is 27.9 Å². The number of aromatic nitrogens is 2. The van der Waals surface area contributed by atoms with Crippen LogP contribution in [0.4, 0.5) is 0 Å². The van der Waals surface area contributed by atoms with Crippen LogP contribution in [-0.2, 0) is 22.6 Å². The predicted octanol–water partition coefficient (Wildman–Crippen LogP) is 0.649. The van der Waals surface area contributed by atoms with Crippen LogP contribution in [-0.4, -0.2) is 52.1 Å². The van der Waals surface area contributed by atoms with Crippen LogP contribution in [0.1, 0.15) is 25.3 Å². The molecule has 0 spiro atoms. The smallest absolute Gasteiger partial charge is 0.334 e. The number of aryl methyl sites for hydroxylation is 1. The number of rotatable bonds is 5. The minimum Gasteiger partial charge on any atom is -0.467 e. The first-order valence-corrected chi connectivity index (χ1v) is 7.13. The van der Waals surface area contributed by atoms with Gasteiger partial charge in [0.15, 0.2) is 6.10 Å². The molecule has 1 fully saturated rings. The third kappa shape index (κ3) is 3.58. The molecule has 0 bridgehead atoms. The summed E-state index contributed by atoms with van der Waals surface area (Å²) >= 11 is 0. The third-order valence-corrected chi connectivity index (χ3v) is 3.94. The molecule has 20 heavy (non-hydrogen) atoms. The zero-order chi connectivity index (χ0) is 14.5. The number of piperidine rings is 1. The largest absolute Gasteiger partial charge is 0.467 e. The van der Waals surface area contributed by atoms with Crippen molar-refractivity contribution >= 4 is 5.97 Å². The molecule has 1 N–H and O–H groups in total. The van der Waals surface area contributed by atoms with Gasteiger partial charge in [0, 0.05) is 24.8 Å². The highest BCUT2D eigenvalue weighted by atomic mass is 16.5. The first-order chi connectivity index (χ1) is 9.63. The molecule has 0 amide bonds. The molecule has 1 unspecified atom stereocenters. The molecule has 1 saturated heterocycles. The average molecular weight is 281 g/mol. The van der Waals surface area contributed by atoms with Crippen molar-refractivity contribution in [1.29, 1.82) is 0 Å². The Bertz CT molecular complexity index is 439. The minimum absolute atomic E-state index is 0.0112. The molecular weight excluding hydrogens is 258 g/mol. The summed E-state index contributed by atoms with van der Waals surface area (Å²) < 4.78 is 6.51. The number of likely N-dealkylation sites (tertiary alicyclic amines) is 1. The number of ether oxygens (including phenoxy) is 1. The first-order valence-electron chi connectivity index (χ1n) is 7.13. The fourth-order valence-corrected chi connectivity index (χ4v) is 2.66. The first kappa shape index (κ1) is 15.0. The second-order valence-corrected chi connectivity index (χ2v) is 5.29. The molecule has 6 nitrogen and oxygen atoms in total. The van der Waals surface area contributed by atoms with Crippen LogP contribution >= 0.6 is 0 Å². The Morgan fingerprint density at radius 2 is 2.25 bits per heavy atom. The molecule has 1 atom stereocenters. The molecule has 0 radical (unpaired) electrons. The fourth-order valence-electron chi connectivity index (χ4n) is 2.66. The van der Waals surface area contributed by atoms with Gasteiger partial charge in [0.2, 0.25) is 0 Å². The summed E-state index contributed by atoms with van der Waals surface area (Å²) in [6.45, 7) is 5.59. The van der Waals surface area contributed by atoms with Crippen molar-refractivity contribution < 1.29 is 14.6 Å². The molecule has 6 heteroatoms. The number of carbonyl (C=O) groups excluding carboxylic acids is 1. The lowest BCUT2D eigenvalue weighted by molar-refractivity contribution is -0.154. The molecule has 112 valence electrons. The summed E-state index contributed by atoms with van der Waals surface area (Å²) in [6, 6.07) is 0. The minimum atomic E-state index is -0.981. The highest BCUT2D eigenvalue weighted by Gasteiger charge is 2.30. The summed E-state index contributed by atoms with van der Waals surface area (Å²) in [4.78, 5) is 13.7. The summed E-state index contributed by atoms with van der Waals surface area (Å²) in [6.07, 6.45) is 4.62. The van der Waals surface area contributed by atoms with Crippen LogP contribution in [0.3, 0.4) is 0 Å². The zero-order valence-electron chi connectivity index (χ0n) is 12.2. The van der Waals surface area contributed by atoms with Crippen molar-refractivity contribution in [3.63, 3.8) is 0 Å². The van der Waals surface area contributed by atoms with Crippen molar-refractivity contribution in [2.45, 2.75) is 39.0 Å². The number of aliphatic hydroxyl groups excluding tert-OH is 1. The Balaban J connectivity index is 1.80. The molecule has 0 saturated carbocycles. The van der Waals surface area contributed by atoms with Crippen LogP contribution in [0, 0.1) is 5.92 Å². The van der Waals surface area contributed by atoms with Gasteiger partial charge >= 0.3 is 5.97 Å². The van der Waals surface area contributed by atoms with E-state index in [1.54, 1.807) is 0 Å². The summed E-state index contributed by atoms with van der Waals surface area (Å²) in [5.41, 5.74) is 1.21. The quantitative estimate of drug-likeness (QED) is 0.803. The van der Waals surface area contributed by atoms with Crippen molar-refractivity contribution in [3.05, 3.63) is 18.0 Å². The van der Waals surface area contributed by atoms with Gasteiger partial charge in [0.05, 0.1) is 13.3 Å². The second kappa shape index (κ2) is 6.85. The van der Waals surface area contributed by atoms with Gasteiger partial charge in [-0.25, -0.2) is 4.79 Å². The van der Waals surface area contributed by atoms with Gasteiger partial charge in [-0.1, -0.05) is 0 Å². The SMILES string of the molecule is CCn1cc(CN2CCC(C(O)C(=O)OC)CC2)cn1. The van der Waals surface area contributed by atoms with Crippen molar-refractivity contribution in [2.24, 2.45) is 5.92 Å². The van der Waals surface area contributed by atoms with Crippen LogP contribution in [0.2, 0.25) is 0 Å². The van der Waals surface area contributed by atoms with Gasteiger partial charge in [-0.15, -0.1) is 0 Å².